The van der Waals surface area contributed by atoms with Crippen LogP contribution in [0.15, 0.2) is 48.7 Å². The fourth-order valence-corrected chi connectivity index (χ4v) is 3.96. The molecule has 1 heterocycles. The van der Waals surface area contributed by atoms with Crippen LogP contribution < -0.4 is 4.74 Å². The first-order valence-electron chi connectivity index (χ1n) is 10.4. The summed E-state index contributed by atoms with van der Waals surface area (Å²) in [7, 11) is 0. The van der Waals surface area contributed by atoms with E-state index >= 15 is 0 Å². The van der Waals surface area contributed by atoms with E-state index in [1.54, 1.807) is 0 Å². The molecule has 0 unspecified atom stereocenters. The second-order valence-electron chi connectivity index (χ2n) is 7.91. The topological polar surface area (TPSA) is 59.4 Å². The maximum absolute atomic E-state index is 14.0. The van der Waals surface area contributed by atoms with Gasteiger partial charge in [0.2, 0.25) is 5.88 Å². The van der Waals surface area contributed by atoms with Crippen LogP contribution in [0.2, 0.25) is 0 Å². The van der Waals surface area contributed by atoms with Gasteiger partial charge in [-0.15, -0.1) is 0 Å². The van der Waals surface area contributed by atoms with Crippen LogP contribution in [0.3, 0.4) is 0 Å². The van der Waals surface area contributed by atoms with Gasteiger partial charge in [0.1, 0.15) is 24.1 Å². The normalized spacial score (nSPS) is 13.5. The molecule has 1 aromatic heterocycles. The molecule has 4 nitrogen and oxygen atoms in total. The number of hydrogen-bond donors (Lipinski definition) is 1. The van der Waals surface area contributed by atoms with Gasteiger partial charge in [-0.2, -0.15) is 13.2 Å². The second-order valence-corrected chi connectivity index (χ2v) is 7.91. The molecule has 36 heavy (non-hydrogen) atoms. The molecule has 0 saturated carbocycles. The number of ether oxygens (including phenoxy) is 1. The number of aromatic carboxylic acids is 1. The number of pyridine rings is 1. The molecule has 4 rings (SSSR count). The number of carboxylic acid groups (broad SMARTS) is 1. The molecule has 1 N–H and O–H groups in total. The molecule has 0 aliphatic heterocycles. The second kappa shape index (κ2) is 11.1. The van der Waals surface area contributed by atoms with Crippen molar-refractivity contribution in [3.05, 3.63) is 93.9 Å². The number of rotatable bonds is 6. The predicted octanol–water partition coefficient (Wildman–Crippen LogP) is 6.24. The SMILES string of the molecule is O=C(O)c1cc(C2=C(c3cc(C(F)(F)F)cnc3OCc3ccc(F)cc3F)CCC2)ccc1F.[NaH]. The van der Waals surface area contributed by atoms with Gasteiger partial charge in [0.05, 0.1) is 11.1 Å². The average Bonchev–Trinajstić information content (AvgIpc) is 3.27. The van der Waals surface area contributed by atoms with E-state index in [9.17, 15) is 36.2 Å². The minimum absolute atomic E-state index is 0. The third-order valence-corrected chi connectivity index (χ3v) is 5.65. The van der Waals surface area contributed by atoms with E-state index in [0.717, 1.165) is 30.3 Å². The molecule has 0 radical (unpaired) electrons. The summed E-state index contributed by atoms with van der Waals surface area (Å²) in [5.41, 5.74) is -0.291. The number of aromatic nitrogens is 1. The van der Waals surface area contributed by atoms with Gasteiger partial charge in [-0.3, -0.25) is 0 Å². The molecule has 184 valence electrons. The summed E-state index contributed by atoms with van der Waals surface area (Å²) in [6.07, 6.45) is -2.82. The Balaban J connectivity index is 0.00000361. The van der Waals surface area contributed by atoms with Gasteiger partial charge in [0.15, 0.2) is 0 Å². The molecule has 11 heteroatoms. The van der Waals surface area contributed by atoms with Gasteiger partial charge in [-0.05, 0) is 66.3 Å². The number of hydrogen-bond acceptors (Lipinski definition) is 3. The number of halogens is 6. The Morgan fingerprint density at radius 1 is 0.972 bits per heavy atom. The van der Waals surface area contributed by atoms with Crippen molar-refractivity contribution in [2.75, 3.05) is 0 Å². The van der Waals surface area contributed by atoms with E-state index in [0.29, 0.717) is 48.2 Å². The molecular formula is C25H18F6NNaO3. The number of carboxylic acids is 1. The standard InChI is InChI=1S/C25H17F6NO3.Na.H/c26-16-6-4-14(22(28)10-16)12-35-23-19(9-15(11-32-23)25(29,30)31)18-3-1-2-17(18)13-5-7-21(27)20(8-13)24(33)34;;/h4-11H,1-3,12H2,(H,33,34);;. The Bertz CT molecular complexity index is 1340. The molecule has 0 bridgehead atoms. The maximum atomic E-state index is 14.0. The van der Waals surface area contributed by atoms with Crippen LogP contribution in [-0.4, -0.2) is 45.6 Å². The molecule has 1 aliphatic rings. The van der Waals surface area contributed by atoms with Crippen molar-refractivity contribution < 1.29 is 41.0 Å². The van der Waals surface area contributed by atoms with Crippen molar-refractivity contribution in [2.45, 2.75) is 32.0 Å². The summed E-state index contributed by atoms with van der Waals surface area (Å²) in [6, 6.07) is 7.18. The molecule has 2 aromatic carbocycles. The third kappa shape index (κ3) is 5.93. The summed E-state index contributed by atoms with van der Waals surface area (Å²) >= 11 is 0. The van der Waals surface area contributed by atoms with E-state index in [1.165, 1.54) is 6.07 Å². The van der Waals surface area contributed by atoms with Crippen molar-refractivity contribution in [2.24, 2.45) is 0 Å². The molecule has 0 atom stereocenters. The van der Waals surface area contributed by atoms with E-state index in [-0.39, 0.29) is 46.6 Å². The van der Waals surface area contributed by atoms with Crippen molar-refractivity contribution in [1.29, 1.82) is 0 Å². The van der Waals surface area contributed by atoms with E-state index in [2.05, 4.69) is 4.98 Å². The van der Waals surface area contributed by atoms with Crippen molar-refractivity contribution in [1.82, 2.24) is 4.98 Å². The van der Waals surface area contributed by atoms with Gasteiger partial charge in [-0.25, -0.2) is 22.9 Å². The molecule has 0 saturated heterocycles. The first-order chi connectivity index (χ1) is 16.5. The Morgan fingerprint density at radius 3 is 2.36 bits per heavy atom. The Kier molecular flexibility index (Phi) is 8.53. The molecule has 3 aromatic rings. The summed E-state index contributed by atoms with van der Waals surface area (Å²) in [5.74, 6) is -4.29. The summed E-state index contributed by atoms with van der Waals surface area (Å²) in [5, 5.41) is 9.24. The Labute approximate surface area is 223 Å². The monoisotopic (exact) mass is 517 g/mol. The van der Waals surface area contributed by atoms with Crippen LogP contribution in [-0.2, 0) is 12.8 Å². The minimum atomic E-state index is -4.70. The Morgan fingerprint density at radius 2 is 1.69 bits per heavy atom. The van der Waals surface area contributed by atoms with Crippen molar-refractivity contribution >= 4 is 46.7 Å². The van der Waals surface area contributed by atoms with Crippen LogP contribution in [0.25, 0.3) is 11.1 Å². The predicted molar refractivity (Wildman–Crippen MR) is 121 cm³/mol. The summed E-state index contributed by atoms with van der Waals surface area (Å²) < 4.78 is 87.0. The quantitative estimate of drug-likeness (QED) is 0.311. The number of carbonyl (C=O) groups is 1. The van der Waals surface area contributed by atoms with Gasteiger partial charge in [0, 0.05) is 23.4 Å². The molecular weight excluding hydrogens is 499 g/mol. The first kappa shape index (κ1) is 27.8. The van der Waals surface area contributed by atoms with Crippen LogP contribution in [0.4, 0.5) is 26.3 Å². The van der Waals surface area contributed by atoms with Crippen LogP contribution in [0, 0.1) is 17.5 Å². The van der Waals surface area contributed by atoms with Gasteiger partial charge < -0.3 is 9.84 Å². The molecule has 1 aliphatic carbocycles. The third-order valence-electron chi connectivity index (χ3n) is 5.65. The first-order valence-corrected chi connectivity index (χ1v) is 10.4. The zero-order valence-corrected chi connectivity index (χ0v) is 17.9. The summed E-state index contributed by atoms with van der Waals surface area (Å²) in [6.45, 7) is -0.417. The van der Waals surface area contributed by atoms with Crippen LogP contribution >= 0.6 is 0 Å². The van der Waals surface area contributed by atoms with Crippen LogP contribution in [0.5, 0.6) is 5.88 Å². The fourth-order valence-electron chi connectivity index (χ4n) is 3.96. The van der Waals surface area contributed by atoms with Crippen LogP contribution in [0.1, 0.15) is 51.9 Å². The summed E-state index contributed by atoms with van der Waals surface area (Å²) in [4.78, 5) is 15.2. The van der Waals surface area contributed by atoms with E-state index in [4.69, 9.17) is 4.74 Å². The average molecular weight is 517 g/mol. The number of benzene rings is 2. The number of nitrogens with zero attached hydrogens (tertiary/aromatic N) is 1. The molecule has 0 spiro atoms. The Hall–Kier alpha value is -2.82. The fraction of sp³-hybridized carbons (Fsp3) is 0.200. The zero-order valence-electron chi connectivity index (χ0n) is 17.9. The van der Waals surface area contributed by atoms with E-state index in [1.807, 2.05) is 0 Å². The van der Waals surface area contributed by atoms with Crippen molar-refractivity contribution in [3.8, 4) is 5.88 Å². The van der Waals surface area contributed by atoms with Gasteiger partial charge in [-0.1, -0.05) is 6.07 Å². The number of alkyl halides is 3. The van der Waals surface area contributed by atoms with Gasteiger partial charge >= 0.3 is 41.7 Å². The van der Waals surface area contributed by atoms with Gasteiger partial charge in [0.25, 0.3) is 0 Å². The van der Waals surface area contributed by atoms with E-state index < -0.39 is 47.3 Å². The zero-order chi connectivity index (χ0) is 25.3. The molecule has 0 amide bonds. The number of allylic oxidation sites excluding steroid dienone is 2. The van der Waals surface area contributed by atoms with Crippen molar-refractivity contribution in [3.63, 3.8) is 0 Å². The molecule has 0 fully saturated rings.